The average Bonchev–Trinajstić information content (AvgIpc) is 2.85. The molecule has 0 saturated heterocycles. The Kier molecular flexibility index (Phi) is 3.69. The van der Waals surface area contributed by atoms with Gasteiger partial charge in [0, 0.05) is 34.8 Å². The van der Waals surface area contributed by atoms with E-state index in [-0.39, 0.29) is 5.69 Å². The van der Waals surface area contributed by atoms with Gasteiger partial charge in [-0.3, -0.25) is 4.68 Å². The van der Waals surface area contributed by atoms with Gasteiger partial charge < -0.3 is 9.84 Å². The fraction of sp³-hybridized carbons (Fsp3) is 0.333. The van der Waals surface area contributed by atoms with Crippen molar-refractivity contribution in [2.45, 2.75) is 25.5 Å². The van der Waals surface area contributed by atoms with E-state index in [0.29, 0.717) is 30.0 Å². The molecule has 1 unspecified atom stereocenters. The number of aromatic nitrogens is 2. The molecule has 1 aliphatic rings. The van der Waals surface area contributed by atoms with Crippen molar-refractivity contribution in [3.05, 3.63) is 40.7 Å². The lowest BCUT2D eigenvalue weighted by Crippen LogP contribution is -2.23. The van der Waals surface area contributed by atoms with Gasteiger partial charge in [-0.15, -0.1) is 0 Å². The summed E-state index contributed by atoms with van der Waals surface area (Å²) in [5.41, 5.74) is 2.46. The SMILES string of the molecule is COC(=O)c1nn2c(c1-c1ccccc1Cl)CC(O)CC2. The zero-order chi connectivity index (χ0) is 15.0. The molecule has 0 saturated carbocycles. The number of methoxy groups -OCH3 is 1. The molecule has 0 spiro atoms. The number of ether oxygens (including phenoxy) is 1. The van der Waals surface area contributed by atoms with Crippen LogP contribution in [0.5, 0.6) is 0 Å². The highest BCUT2D eigenvalue weighted by Crippen LogP contribution is 2.35. The molecule has 2 heterocycles. The Morgan fingerprint density at radius 3 is 2.95 bits per heavy atom. The maximum absolute atomic E-state index is 12.0. The Bertz CT molecular complexity index is 696. The number of benzene rings is 1. The third-order valence-corrected chi connectivity index (χ3v) is 4.01. The van der Waals surface area contributed by atoms with Crippen LogP contribution in [-0.4, -0.2) is 34.1 Å². The Morgan fingerprint density at radius 1 is 1.48 bits per heavy atom. The Balaban J connectivity index is 2.24. The van der Waals surface area contributed by atoms with E-state index in [4.69, 9.17) is 16.3 Å². The fourth-order valence-electron chi connectivity index (χ4n) is 2.67. The Hall–Kier alpha value is -1.85. The maximum atomic E-state index is 12.0. The zero-order valence-electron chi connectivity index (χ0n) is 11.5. The molecule has 0 bridgehead atoms. The van der Waals surface area contributed by atoms with Crippen LogP contribution in [0.2, 0.25) is 5.02 Å². The van der Waals surface area contributed by atoms with E-state index < -0.39 is 12.1 Å². The number of aliphatic hydroxyl groups excluding tert-OH is 1. The number of carbonyl (C=O) groups is 1. The lowest BCUT2D eigenvalue weighted by molar-refractivity contribution is 0.0593. The standard InChI is InChI=1S/C15H15ClN2O3/c1-21-15(20)14-13(10-4-2-3-5-11(10)16)12-8-9(19)6-7-18(12)17-14/h2-5,9,19H,6-8H2,1H3. The quantitative estimate of drug-likeness (QED) is 0.865. The van der Waals surface area contributed by atoms with E-state index in [0.717, 1.165) is 11.3 Å². The van der Waals surface area contributed by atoms with Crippen molar-refractivity contribution in [1.29, 1.82) is 0 Å². The van der Waals surface area contributed by atoms with Gasteiger partial charge in [0.15, 0.2) is 5.69 Å². The number of aliphatic hydroxyl groups is 1. The lowest BCUT2D eigenvalue weighted by atomic mass is 9.97. The second-order valence-corrected chi connectivity index (χ2v) is 5.42. The molecule has 0 amide bonds. The summed E-state index contributed by atoms with van der Waals surface area (Å²) < 4.78 is 6.58. The smallest absolute Gasteiger partial charge is 0.359 e. The number of hydrogen-bond acceptors (Lipinski definition) is 4. The van der Waals surface area contributed by atoms with E-state index in [1.807, 2.05) is 18.2 Å². The third-order valence-electron chi connectivity index (χ3n) is 3.68. The normalized spacial score (nSPS) is 17.4. The molecule has 5 nitrogen and oxygen atoms in total. The summed E-state index contributed by atoms with van der Waals surface area (Å²) in [6, 6.07) is 7.29. The van der Waals surface area contributed by atoms with Crippen LogP contribution in [0.1, 0.15) is 22.6 Å². The largest absolute Gasteiger partial charge is 0.464 e. The molecule has 1 atom stereocenters. The molecule has 1 aromatic carbocycles. The predicted molar refractivity (Wildman–Crippen MR) is 78.3 cm³/mol. The van der Waals surface area contributed by atoms with Gasteiger partial charge in [-0.25, -0.2) is 4.79 Å². The van der Waals surface area contributed by atoms with E-state index in [9.17, 15) is 9.90 Å². The van der Waals surface area contributed by atoms with Crippen molar-refractivity contribution in [2.75, 3.05) is 7.11 Å². The zero-order valence-corrected chi connectivity index (χ0v) is 12.3. The summed E-state index contributed by atoms with van der Waals surface area (Å²) in [5, 5.41) is 14.8. The second kappa shape index (κ2) is 5.50. The Morgan fingerprint density at radius 2 is 2.24 bits per heavy atom. The van der Waals surface area contributed by atoms with Crippen molar-refractivity contribution in [3.63, 3.8) is 0 Å². The number of esters is 1. The van der Waals surface area contributed by atoms with Crippen LogP contribution >= 0.6 is 11.6 Å². The van der Waals surface area contributed by atoms with Gasteiger partial charge in [-0.2, -0.15) is 5.10 Å². The fourth-order valence-corrected chi connectivity index (χ4v) is 2.90. The third kappa shape index (κ3) is 2.43. The number of halogens is 1. The minimum Gasteiger partial charge on any atom is -0.464 e. The molecule has 1 aromatic heterocycles. The van der Waals surface area contributed by atoms with Crippen LogP contribution in [0.4, 0.5) is 0 Å². The van der Waals surface area contributed by atoms with Gasteiger partial charge in [0.1, 0.15) is 0 Å². The van der Waals surface area contributed by atoms with E-state index in [2.05, 4.69) is 5.10 Å². The highest BCUT2D eigenvalue weighted by atomic mass is 35.5. The van der Waals surface area contributed by atoms with E-state index >= 15 is 0 Å². The minimum atomic E-state index is -0.499. The van der Waals surface area contributed by atoms with Gasteiger partial charge in [0.2, 0.25) is 0 Å². The molecular weight excluding hydrogens is 292 g/mol. The summed E-state index contributed by atoms with van der Waals surface area (Å²) in [5.74, 6) is -0.499. The molecule has 2 aromatic rings. The number of rotatable bonds is 2. The maximum Gasteiger partial charge on any atom is 0.359 e. The van der Waals surface area contributed by atoms with Crippen molar-refractivity contribution in [1.82, 2.24) is 9.78 Å². The summed E-state index contributed by atoms with van der Waals surface area (Å²) in [6.07, 6.45) is 0.642. The van der Waals surface area contributed by atoms with Crippen molar-refractivity contribution in [3.8, 4) is 11.1 Å². The van der Waals surface area contributed by atoms with Gasteiger partial charge in [0.05, 0.1) is 13.2 Å². The lowest BCUT2D eigenvalue weighted by Gasteiger charge is -2.20. The first-order valence-corrected chi connectivity index (χ1v) is 7.10. The molecule has 3 rings (SSSR count). The molecule has 0 aliphatic carbocycles. The van der Waals surface area contributed by atoms with Gasteiger partial charge in [0.25, 0.3) is 0 Å². The minimum absolute atomic E-state index is 0.245. The molecule has 110 valence electrons. The first kappa shape index (κ1) is 14.1. The first-order chi connectivity index (χ1) is 10.1. The van der Waals surface area contributed by atoms with E-state index in [1.54, 1.807) is 10.7 Å². The van der Waals surface area contributed by atoms with Crippen LogP contribution in [0.15, 0.2) is 24.3 Å². The number of fused-ring (bicyclic) bond motifs is 1. The molecular formula is C15H15ClN2O3. The van der Waals surface area contributed by atoms with Crippen LogP contribution in [-0.2, 0) is 17.7 Å². The summed E-state index contributed by atoms with van der Waals surface area (Å²) in [7, 11) is 1.33. The van der Waals surface area contributed by atoms with Gasteiger partial charge in [-0.05, 0) is 12.5 Å². The van der Waals surface area contributed by atoms with Crippen LogP contribution in [0.3, 0.4) is 0 Å². The van der Waals surface area contributed by atoms with Crippen LogP contribution in [0.25, 0.3) is 11.1 Å². The highest BCUT2D eigenvalue weighted by Gasteiger charge is 2.29. The molecule has 6 heteroatoms. The van der Waals surface area contributed by atoms with Crippen LogP contribution in [0, 0.1) is 0 Å². The molecule has 1 N–H and O–H groups in total. The number of hydrogen-bond donors (Lipinski definition) is 1. The highest BCUT2D eigenvalue weighted by molar-refractivity contribution is 6.33. The van der Waals surface area contributed by atoms with Crippen molar-refractivity contribution < 1.29 is 14.6 Å². The predicted octanol–water partition coefficient (Wildman–Crippen LogP) is 2.30. The Labute approximate surface area is 127 Å². The number of carbonyl (C=O) groups excluding carboxylic acids is 1. The van der Waals surface area contributed by atoms with E-state index in [1.165, 1.54) is 7.11 Å². The van der Waals surface area contributed by atoms with Crippen molar-refractivity contribution in [2.24, 2.45) is 0 Å². The summed E-state index contributed by atoms with van der Waals surface area (Å²) in [6.45, 7) is 0.574. The average molecular weight is 307 g/mol. The summed E-state index contributed by atoms with van der Waals surface area (Å²) in [4.78, 5) is 12.0. The first-order valence-electron chi connectivity index (χ1n) is 6.72. The topological polar surface area (TPSA) is 64.3 Å². The second-order valence-electron chi connectivity index (χ2n) is 5.01. The molecule has 21 heavy (non-hydrogen) atoms. The van der Waals surface area contributed by atoms with Crippen molar-refractivity contribution >= 4 is 17.6 Å². The van der Waals surface area contributed by atoms with Gasteiger partial charge in [-0.1, -0.05) is 29.8 Å². The molecule has 1 aliphatic heterocycles. The molecule has 0 fully saturated rings. The van der Waals surface area contributed by atoms with Crippen LogP contribution < -0.4 is 0 Å². The number of aryl methyl sites for hydroxylation is 1. The monoisotopic (exact) mass is 306 g/mol. The number of nitrogens with zero attached hydrogens (tertiary/aromatic N) is 2. The summed E-state index contributed by atoms with van der Waals surface area (Å²) >= 11 is 6.26. The van der Waals surface area contributed by atoms with Gasteiger partial charge >= 0.3 is 5.97 Å². The molecule has 0 radical (unpaired) electrons.